The van der Waals surface area contributed by atoms with Crippen molar-refractivity contribution in [2.45, 2.75) is 47.0 Å². The molecule has 1 aromatic carbocycles. The molecule has 0 saturated heterocycles. The van der Waals surface area contributed by atoms with Crippen molar-refractivity contribution < 1.29 is 4.74 Å². The van der Waals surface area contributed by atoms with Crippen molar-refractivity contribution in [3.05, 3.63) is 45.3 Å². The van der Waals surface area contributed by atoms with Crippen LogP contribution in [0.2, 0.25) is 0 Å². The van der Waals surface area contributed by atoms with Crippen molar-refractivity contribution in [3.63, 3.8) is 0 Å². The Morgan fingerprint density at radius 2 is 2.12 bits per heavy atom. The minimum absolute atomic E-state index is 0.304. The highest BCUT2D eigenvalue weighted by Gasteiger charge is 2.32. The molecular formula is C22H26N2OS. The molecule has 0 bridgehead atoms. The van der Waals surface area contributed by atoms with Gasteiger partial charge in [0.15, 0.2) is 0 Å². The molecule has 0 amide bonds. The molecule has 3 rings (SSSR count). The van der Waals surface area contributed by atoms with Gasteiger partial charge >= 0.3 is 0 Å². The Labute approximate surface area is 160 Å². The van der Waals surface area contributed by atoms with Crippen LogP contribution in [0.1, 0.15) is 54.3 Å². The number of nitrogens with zero attached hydrogens (tertiary/aromatic N) is 2. The summed E-state index contributed by atoms with van der Waals surface area (Å²) < 4.78 is 5.26. The highest BCUT2D eigenvalue weighted by atomic mass is 32.1. The summed E-state index contributed by atoms with van der Waals surface area (Å²) in [6.07, 6.45) is 5.08. The van der Waals surface area contributed by atoms with Crippen LogP contribution in [-0.4, -0.2) is 13.3 Å². The first-order chi connectivity index (χ1) is 12.3. The van der Waals surface area contributed by atoms with Gasteiger partial charge in [-0.1, -0.05) is 20.8 Å². The molecule has 26 heavy (non-hydrogen) atoms. The van der Waals surface area contributed by atoms with Gasteiger partial charge in [-0.05, 0) is 72.4 Å². The van der Waals surface area contributed by atoms with E-state index < -0.39 is 0 Å². The van der Waals surface area contributed by atoms with E-state index in [-0.39, 0.29) is 0 Å². The Kier molecular flexibility index (Phi) is 5.20. The lowest BCUT2D eigenvalue weighted by atomic mass is 9.72. The van der Waals surface area contributed by atoms with E-state index in [1.807, 2.05) is 31.3 Å². The van der Waals surface area contributed by atoms with Crippen LogP contribution in [0.25, 0.3) is 0 Å². The normalized spacial score (nSPS) is 17.2. The van der Waals surface area contributed by atoms with Crippen LogP contribution in [0.5, 0.6) is 5.75 Å². The molecule has 3 nitrogen and oxygen atoms in total. The van der Waals surface area contributed by atoms with Gasteiger partial charge in [0.2, 0.25) is 0 Å². The van der Waals surface area contributed by atoms with Gasteiger partial charge in [-0.2, -0.15) is 5.26 Å². The Hall–Kier alpha value is -2.12. The second-order valence-corrected chi connectivity index (χ2v) is 9.17. The maximum atomic E-state index is 9.68. The first kappa shape index (κ1) is 18.7. The third-order valence-corrected chi connectivity index (χ3v) is 6.54. The molecular weight excluding hydrogens is 340 g/mol. The topological polar surface area (TPSA) is 45.4 Å². The van der Waals surface area contributed by atoms with Crippen molar-refractivity contribution in [1.82, 2.24) is 0 Å². The van der Waals surface area contributed by atoms with E-state index in [9.17, 15) is 5.26 Å². The standard InChI is InChI=1S/C22H26N2OS/c1-14-10-17(25-5)8-6-15(14)13-24-21-19(12-23)18-9-7-16(22(2,3)4)11-20(18)26-21/h6,8,10,13,16H,7,9,11H2,1-5H3/t16-/m0/s1. The van der Waals surface area contributed by atoms with E-state index in [1.54, 1.807) is 18.4 Å². The smallest absolute Gasteiger partial charge is 0.134 e. The van der Waals surface area contributed by atoms with E-state index in [0.717, 1.165) is 46.7 Å². The van der Waals surface area contributed by atoms with Gasteiger partial charge in [0.05, 0.1) is 12.7 Å². The average Bonchev–Trinajstić information content (AvgIpc) is 2.96. The van der Waals surface area contributed by atoms with Gasteiger partial charge in [0, 0.05) is 11.1 Å². The van der Waals surface area contributed by atoms with Crippen LogP contribution in [0, 0.1) is 29.6 Å². The lowest BCUT2D eigenvalue weighted by Crippen LogP contribution is -2.26. The molecule has 4 heteroatoms. The summed E-state index contributed by atoms with van der Waals surface area (Å²) in [4.78, 5) is 6.04. The van der Waals surface area contributed by atoms with Gasteiger partial charge in [-0.25, -0.2) is 4.99 Å². The van der Waals surface area contributed by atoms with Crippen LogP contribution in [-0.2, 0) is 12.8 Å². The third-order valence-electron chi connectivity index (χ3n) is 5.38. The molecule has 1 atom stereocenters. The second kappa shape index (κ2) is 7.25. The molecule has 1 heterocycles. The molecule has 0 spiro atoms. The summed E-state index contributed by atoms with van der Waals surface area (Å²) in [5.74, 6) is 1.51. The second-order valence-electron chi connectivity index (χ2n) is 8.08. The molecule has 2 aromatic rings. The first-order valence-electron chi connectivity index (χ1n) is 9.07. The number of hydrogen-bond donors (Lipinski definition) is 0. The van der Waals surface area contributed by atoms with Gasteiger partial charge in [-0.15, -0.1) is 11.3 Å². The van der Waals surface area contributed by atoms with Crippen molar-refractivity contribution in [1.29, 1.82) is 5.26 Å². The van der Waals surface area contributed by atoms with Gasteiger partial charge in [-0.3, -0.25) is 0 Å². The summed E-state index contributed by atoms with van der Waals surface area (Å²) in [6, 6.07) is 8.35. The Morgan fingerprint density at radius 3 is 2.73 bits per heavy atom. The van der Waals surface area contributed by atoms with E-state index in [2.05, 4.69) is 31.8 Å². The quantitative estimate of drug-likeness (QED) is 0.641. The third kappa shape index (κ3) is 3.68. The number of hydrogen-bond acceptors (Lipinski definition) is 4. The SMILES string of the molecule is COc1ccc(C=Nc2sc3c(c2C#N)CC[C@H](C(C)(C)C)C3)c(C)c1. The molecule has 1 aliphatic rings. The molecule has 0 fully saturated rings. The van der Waals surface area contributed by atoms with Gasteiger partial charge in [0.1, 0.15) is 16.8 Å². The largest absolute Gasteiger partial charge is 0.497 e. The average molecular weight is 367 g/mol. The minimum Gasteiger partial charge on any atom is -0.497 e. The van der Waals surface area contributed by atoms with E-state index in [4.69, 9.17) is 4.74 Å². The summed E-state index contributed by atoms with van der Waals surface area (Å²) in [7, 11) is 1.67. The predicted octanol–water partition coefficient (Wildman–Crippen LogP) is 5.84. The molecule has 0 N–H and O–H groups in total. The zero-order valence-corrected chi connectivity index (χ0v) is 17.0. The van der Waals surface area contributed by atoms with Crippen LogP contribution in [0.3, 0.4) is 0 Å². The van der Waals surface area contributed by atoms with Crippen molar-refractivity contribution in [2.75, 3.05) is 7.11 Å². The lowest BCUT2D eigenvalue weighted by molar-refractivity contribution is 0.218. The van der Waals surface area contributed by atoms with Crippen LogP contribution >= 0.6 is 11.3 Å². The van der Waals surface area contributed by atoms with Crippen LogP contribution in [0.15, 0.2) is 23.2 Å². The predicted molar refractivity (Wildman–Crippen MR) is 109 cm³/mol. The fourth-order valence-electron chi connectivity index (χ4n) is 3.57. The van der Waals surface area contributed by atoms with Gasteiger partial charge < -0.3 is 4.74 Å². The summed E-state index contributed by atoms with van der Waals surface area (Å²) >= 11 is 1.69. The fourth-order valence-corrected chi connectivity index (χ4v) is 4.79. The van der Waals surface area contributed by atoms with Crippen molar-refractivity contribution in [3.8, 4) is 11.8 Å². The zero-order chi connectivity index (χ0) is 18.9. The summed E-state index contributed by atoms with van der Waals surface area (Å²) in [5.41, 5.74) is 4.48. The number of methoxy groups -OCH3 is 1. The Balaban J connectivity index is 1.90. The van der Waals surface area contributed by atoms with E-state index >= 15 is 0 Å². The Morgan fingerprint density at radius 1 is 1.35 bits per heavy atom. The molecule has 0 aliphatic heterocycles. The number of rotatable bonds is 3. The molecule has 136 valence electrons. The maximum absolute atomic E-state index is 9.68. The number of ether oxygens (including phenoxy) is 1. The number of nitriles is 1. The zero-order valence-electron chi connectivity index (χ0n) is 16.2. The summed E-state index contributed by atoms with van der Waals surface area (Å²) in [6.45, 7) is 8.98. The summed E-state index contributed by atoms with van der Waals surface area (Å²) in [5, 5.41) is 10.5. The van der Waals surface area contributed by atoms with Crippen molar-refractivity contribution >= 4 is 22.6 Å². The lowest BCUT2D eigenvalue weighted by Gasteiger charge is -2.33. The molecule has 1 aliphatic carbocycles. The first-order valence-corrected chi connectivity index (χ1v) is 9.88. The number of aliphatic imine (C=N–C) groups is 1. The number of fused-ring (bicyclic) bond motifs is 1. The Bertz CT molecular complexity index is 881. The minimum atomic E-state index is 0.304. The van der Waals surface area contributed by atoms with Crippen LogP contribution < -0.4 is 4.74 Å². The fraction of sp³-hybridized carbons (Fsp3) is 0.455. The number of thiophene rings is 1. The van der Waals surface area contributed by atoms with E-state index in [0.29, 0.717) is 11.3 Å². The molecule has 0 radical (unpaired) electrons. The molecule has 1 aromatic heterocycles. The highest BCUT2D eigenvalue weighted by Crippen LogP contribution is 2.44. The molecule has 0 saturated carbocycles. The monoisotopic (exact) mass is 366 g/mol. The van der Waals surface area contributed by atoms with Gasteiger partial charge in [0.25, 0.3) is 0 Å². The van der Waals surface area contributed by atoms with E-state index in [1.165, 1.54) is 10.4 Å². The maximum Gasteiger partial charge on any atom is 0.134 e. The number of aryl methyl sites for hydroxylation is 1. The number of benzene rings is 1. The van der Waals surface area contributed by atoms with Crippen LogP contribution in [0.4, 0.5) is 5.00 Å². The molecule has 0 unspecified atom stereocenters. The van der Waals surface area contributed by atoms with Crippen molar-refractivity contribution in [2.24, 2.45) is 16.3 Å². The highest BCUT2D eigenvalue weighted by molar-refractivity contribution is 7.16.